The Morgan fingerprint density at radius 3 is 3.11 bits per heavy atom. The van der Waals surface area contributed by atoms with E-state index in [1.54, 1.807) is 11.3 Å². The van der Waals surface area contributed by atoms with Gasteiger partial charge in [0.05, 0.1) is 6.61 Å². The molecule has 0 saturated carbocycles. The SMILES string of the molecule is Cc1nnc(NC[C@H]2CCOc3ccccc3C2)s1. The first-order chi connectivity index (χ1) is 9.31. The van der Waals surface area contributed by atoms with Gasteiger partial charge in [-0.1, -0.05) is 29.5 Å². The highest BCUT2D eigenvalue weighted by molar-refractivity contribution is 7.15. The van der Waals surface area contributed by atoms with Crippen molar-refractivity contribution in [1.82, 2.24) is 10.2 Å². The van der Waals surface area contributed by atoms with E-state index >= 15 is 0 Å². The number of para-hydroxylation sites is 1. The molecule has 2 heterocycles. The second kappa shape index (κ2) is 5.57. The minimum atomic E-state index is 0.577. The van der Waals surface area contributed by atoms with Crippen LogP contribution in [0.25, 0.3) is 0 Å². The number of benzene rings is 1. The zero-order chi connectivity index (χ0) is 13.1. The largest absolute Gasteiger partial charge is 0.493 e. The molecular formula is C14H17N3OS. The molecule has 0 amide bonds. The number of rotatable bonds is 3. The van der Waals surface area contributed by atoms with Crippen molar-refractivity contribution >= 4 is 16.5 Å². The maximum absolute atomic E-state index is 5.78. The number of aryl methyl sites for hydroxylation is 1. The van der Waals surface area contributed by atoms with Crippen molar-refractivity contribution in [3.8, 4) is 5.75 Å². The van der Waals surface area contributed by atoms with Crippen LogP contribution in [-0.4, -0.2) is 23.3 Å². The van der Waals surface area contributed by atoms with Crippen molar-refractivity contribution in [2.24, 2.45) is 5.92 Å². The number of hydrogen-bond donors (Lipinski definition) is 1. The zero-order valence-corrected chi connectivity index (χ0v) is 11.7. The number of anilines is 1. The Labute approximate surface area is 116 Å². The lowest BCUT2D eigenvalue weighted by Gasteiger charge is -2.13. The van der Waals surface area contributed by atoms with Crippen LogP contribution < -0.4 is 10.1 Å². The van der Waals surface area contributed by atoms with Gasteiger partial charge in [-0.25, -0.2) is 0 Å². The van der Waals surface area contributed by atoms with E-state index in [0.717, 1.165) is 41.9 Å². The van der Waals surface area contributed by atoms with Crippen LogP contribution in [0.15, 0.2) is 24.3 Å². The molecule has 0 unspecified atom stereocenters. The molecule has 1 atom stereocenters. The number of hydrogen-bond acceptors (Lipinski definition) is 5. The first-order valence-electron chi connectivity index (χ1n) is 6.56. The van der Waals surface area contributed by atoms with Gasteiger partial charge in [-0.15, -0.1) is 10.2 Å². The summed E-state index contributed by atoms with van der Waals surface area (Å²) in [6.45, 7) is 3.68. The van der Waals surface area contributed by atoms with Gasteiger partial charge in [0.1, 0.15) is 10.8 Å². The van der Waals surface area contributed by atoms with Crippen LogP contribution in [-0.2, 0) is 6.42 Å². The van der Waals surface area contributed by atoms with Crippen molar-refractivity contribution in [2.75, 3.05) is 18.5 Å². The van der Waals surface area contributed by atoms with Gasteiger partial charge in [-0.3, -0.25) is 0 Å². The van der Waals surface area contributed by atoms with Gasteiger partial charge in [0.2, 0.25) is 5.13 Å². The van der Waals surface area contributed by atoms with Crippen LogP contribution in [0.2, 0.25) is 0 Å². The molecule has 0 bridgehead atoms. The highest BCUT2D eigenvalue weighted by Gasteiger charge is 2.17. The molecule has 0 spiro atoms. The van der Waals surface area contributed by atoms with Gasteiger partial charge in [0.15, 0.2) is 0 Å². The fraction of sp³-hybridized carbons (Fsp3) is 0.429. The number of nitrogens with one attached hydrogen (secondary N) is 1. The van der Waals surface area contributed by atoms with Gasteiger partial charge < -0.3 is 10.1 Å². The molecule has 1 aromatic heterocycles. The van der Waals surface area contributed by atoms with Crippen LogP contribution in [0.3, 0.4) is 0 Å². The van der Waals surface area contributed by atoms with E-state index < -0.39 is 0 Å². The van der Waals surface area contributed by atoms with Crippen molar-refractivity contribution in [3.05, 3.63) is 34.8 Å². The molecule has 1 N–H and O–H groups in total. The van der Waals surface area contributed by atoms with Crippen LogP contribution in [0.4, 0.5) is 5.13 Å². The average Bonchev–Trinajstić information content (AvgIpc) is 2.72. The second-order valence-corrected chi connectivity index (χ2v) is 6.00. The molecule has 1 aromatic carbocycles. The number of fused-ring (bicyclic) bond motifs is 1. The van der Waals surface area contributed by atoms with E-state index in [1.165, 1.54) is 5.56 Å². The third kappa shape index (κ3) is 3.04. The van der Waals surface area contributed by atoms with Gasteiger partial charge in [0.25, 0.3) is 0 Å². The van der Waals surface area contributed by atoms with Crippen molar-refractivity contribution in [1.29, 1.82) is 0 Å². The van der Waals surface area contributed by atoms with E-state index in [1.807, 2.05) is 13.0 Å². The van der Waals surface area contributed by atoms with Gasteiger partial charge in [-0.2, -0.15) is 0 Å². The summed E-state index contributed by atoms with van der Waals surface area (Å²) in [7, 11) is 0. The zero-order valence-electron chi connectivity index (χ0n) is 10.9. The lowest BCUT2D eigenvalue weighted by atomic mass is 9.97. The molecule has 1 aliphatic rings. The Balaban J connectivity index is 1.63. The fourth-order valence-electron chi connectivity index (χ4n) is 2.34. The predicted molar refractivity (Wildman–Crippen MR) is 76.9 cm³/mol. The summed E-state index contributed by atoms with van der Waals surface area (Å²) in [6, 6.07) is 8.32. The maximum Gasteiger partial charge on any atom is 0.205 e. The lowest BCUT2D eigenvalue weighted by molar-refractivity contribution is 0.298. The quantitative estimate of drug-likeness (QED) is 0.935. The summed E-state index contributed by atoms with van der Waals surface area (Å²) < 4.78 is 5.78. The van der Waals surface area contributed by atoms with E-state index in [4.69, 9.17) is 4.74 Å². The fourth-order valence-corrected chi connectivity index (χ4v) is 2.93. The third-order valence-electron chi connectivity index (χ3n) is 3.33. The summed E-state index contributed by atoms with van der Waals surface area (Å²) in [6.07, 6.45) is 2.13. The Morgan fingerprint density at radius 1 is 1.37 bits per heavy atom. The highest BCUT2D eigenvalue weighted by atomic mass is 32.1. The molecule has 4 nitrogen and oxygen atoms in total. The summed E-state index contributed by atoms with van der Waals surface area (Å²) in [5.41, 5.74) is 1.31. The Morgan fingerprint density at radius 2 is 2.26 bits per heavy atom. The van der Waals surface area contributed by atoms with Crippen molar-refractivity contribution in [3.63, 3.8) is 0 Å². The standard InChI is InChI=1S/C14H17N3OS/c1-10-16-17-14(19-10)15-9-11-6-7-18-13-5-3-2-4-12(13)8-11/h2-5,11H,6-9H2,1H3,(H,15,17)/t11-/m0/s1. The first kappa shape index (κ1) is 12.4. The summed E-state index contributed by atoms with van der Waals surface area (Å²) in [5, 5.41) is 13.4. The van der Waals surface area contributed by atoms with E-state index in [9.17, 15) is 0 Å². The minimum absolute atomic E-state index is 0.577. The molecule has 3 rings (SSSR count). The molecular weight excluding hydrogens is 258 g/mol. The van der Waals surface area contributed by atoms with E-state index in [0.29, 0.717) is 5.92 Å². The van der Waals surface area contributed by atoms with E-state index in [-0.39, 0.29) is 0 Å². The smallest absolute Gasteiger partial charge is 0.205 e. The molecule has 100 valence electrons. The van der Waals surface area contributed by atoms with Crippen molar-refractivity contribution in [2.45, 2.75) is 19.8 Å². The molecule has 0 aliphatic carbocycles. The predicted octanol–water partition coefficient (Wildman–Crippen LogP) is 2.90. The number of nitrogens with zero attached hydrogens (tertiary/aromatic N) is 2. The maximum atomic E-state index is 5.78. The Bertz CT molecular complexity index is 555. The Kier molecular flexibility index (Phi) is 3.64. The van der Waals surface area contributed by atoms with Gasteiger partial charge in [0, 0.05) is 6.54 Å². The molecule has 0 fully saturated rings. The van der Waals surface area contributed by atoms with Gasteiger partial charge in [-0.05, 0) is 37.3 Å². The molecule has 19 heavy (non-hydrogen) atoms. The van der Waals surface area contributed by atoms with Gasteiger partial charge >= 0.3 is 0 Å². The normalized spacial score (nSPS) is 18.3. The molecule has 0 saturated heterocycles. The number of aromatic nitrogens is 2. The monoisotopic (exact) mass is 275 g/mol. The second-order valence-electron chi connectivity index (χ2n) is 4.82. The van der Waals surface area contributed by atoms with Crippen LogP contribution in [0, 0.1) is 12.8 Å². The highest BCUT2D eigenvalue weighted by Crippen LogP contribution is 2.27. The van der Waals surface area contributed by atoms with Crippen LogP contribution in [0.5, 0.6) is 5.75 Å². The average molecular weight is 275 g/mol. The molecule has 2 aromatic rings. The summed E-state index contributed by atoms with van der Waals surface area (Å²) in [4.78, 5) is 0. The lowest BCUT2D eigenvalue weighted by Crippen LogP contribution is -2.17. The number of ether oxygens (including phenoxy) is 1. The summed E-state index contributed by atoms with van der Waals surface area (Å²) >= 11 is 1.60. The molecule has 5 heteroatoms. The molecule has 1 aliphatic heterocycles. The van der Waals surface area contributed by atoms with E-state index in [2.05, 4.69) is 33.7 Å². The van der Waals surface area contributed by atoms with Crippen LogP contribution >= 0.6 is 11.3 Å². The third-order valence-corrected chi connectivity index (χ3v) is 4.13. The Hall–Kier alpha value is -1.62. The minimum Gasteiger partial charge on any atom is -0.493 e. The van der Waals surface area contributed by atoms with Crippen molar-refractivity contribution < 1.29 is 4.74 Å². The topological polar surface area (TPSA) is 47.0 Å². The molecule has 0 radical (unpaired) electrons. The summed E-state index contributed by atoms with van der Waals surface area (Å²) in [5.74, 6) is 1.62. The van der Waals surface area contributed by atoms with Crippen LogP contribution in [0.1, 0.15) is 17.0 Å². The first-order valence-corrected chi connectivity index (χ1v) is 7.37.